The predicted octanol–water partition coefficient (Wildman–Crippen LogP) is 2.49. The molecular weight excluding hydrogens is 278 g/mol. The number of benzene rings is 2. The van der Waals surface area contributed by atoms with Gasteiger partial charge in [-0.3, -0.25) is 4.79 Å². The Labute approximate surface area is 120 Å². The minimum Gasteiger partial charge on any atom is -0.508 e. The van der Waals surface area contributed by atoms with Crippen LogP contribution in [0.1, 0.15) is 21.5 Å². The minimum absolute atomic E-state index is 0.0223. The molecule has 0 atom stereocenters. The topological polar surface area (TPSA) is 75.4 Å². The van der Waals surface area contributed by atoms with Crippen molar-refractivity contribution < 1.29 is 18.7 Å². The van der Waals surface area contributed by atoms with E-state index in [4.69, 9.17) is 5.73 Å². The number of nitrogens with one attached hydrogen (secondary N) is 1. The van der Waals surface area contributed by atoms with E-state index in [-0.39, 0.29) is 23.4 Å². The van der Waals surface area contributed by atoms with Crippen molar-refractivity contribution in [2.45, 2.75) is 13.5 Å². The highest BCUT2D eigenvalue weighted by Gasteiger charge is 2.15. The second-order valence-electron chi connectivity index (χ2n) is 4.65. The van der Waals surface area contributed by atoms with Crippen LogP contribution in [0.4, 0.5) is 14.5 Å². The van der Waals surface area contributed by atoms with Gasteiger partial charge in [-0.25, -0.2) is 8.78 Å². The summed E-state index contributed by atoms with van der Waals surface area (Å²) >= 11 is 0. The summed E-state index contributed by atoms with van der Waals surface area (Å²) in [6.07, 6.45) is 0. The van der Waals surface area contributed by atoms with Gasteiger partial charge in [-0.05, 0) is 36.8 Å². The molecule has 0 spiro atoms. The largest absolute Gasteiger partial charge is 0.508 e. The lowest BCUT2D eigenvalue weighted by atomic mass is 10.1. The molecule has 1 amide bonds. The zero-order valence-electron chi connectivity index (χ0n) is 11.3. The second kappa shape index (κ2) is 5.78. The van der Waals surface area contributed by atoms with Gasteiger partial charge < -0.3 is 16.2 Å². The van der Waals surface area contributed by atoms with Crippen LogP contribution in [0.15, 0.2) is 30.3 Å². The summed E-state index contributed by atoms with van der Waals surface area (Å²) in [6.45, 7) is 1.42. The number of carbonyl (C=O) groups is 1. The van der Waals surface area contributed by atoms with E-state index < -0.39 is 17.5 Å². The number of amides is 1. The van der Waals surface area contributed by atoms with Crippen LogP contribution in [0.25, 0.3) is 0 Å². The normalized spacial score (nSPS) is 10.4. The summed E-state index contributed by atoms with van der Waals surface area (Å²) in [5.41, 5.74) is 6.34. The number of rotatable bonds is 3. The maximum Gasteiger partial charge on any atom is 0.254 e. The number of nitrogens with two attached hydrogens (primary N) is 1. The number of hydrogen-bond acceptors (Lipinski definition) is 3. The van der Waals surface area contributed by atoms with Crippen LogP contribution in [-0.2, 0) is 6.54 Å². The molecule has 0 aromatic heterocycles. The molecule has 0 unspecified atom stereocenters. The molecule has 6 heteroatoms. The fraction of sp³-hybridized carbons (Fsp3) is 0.133. The lowest BCUT2D eigenvalue weighted by Crippen LogP contribution is -2.24. The zero-order chi connectivity index (χ0) is 15.6. The number of carbonyl (C=O) groups excluding carboxylic acids is 1. The van der Waals surface area contributed by atoms with Gasteiger partial charge >= 0.3 is 0 Å². The highest BCUT2D eigenvalue weighted by Crippen LogP contribution is 2.20. The van der Waals surface area contributed by atoms with Crippen molar-refractivity contribution in [3.05, 3.63) is 58.7 Å². The molecule has 0 aliphatic rings. The van der Waals surface area contributed by atoms with E-state index >= 15 is 0 Å². The van der Waals surface area contributed by atoms with Crippen molar-refractivity contribution in [1.29, 1.82) is 0 Å². The molecule has 2 rings (SSSR count). The molecule has 110 valence electrons. The van der Waals surface area contributed by atoms with Crippen LogP contribution in [-0.4, -0.2) is 11.0 Å². The van der Waals surface area contributed by atoms with E-state index in [2.05, 4.69) is 5.32 Å². The van der Waals surface area contributed by atoms with Crippen molar-refractivity contribution >= 4 is 11.6 Å². The maximum absolute atomic E-state index is 13.6. The Hall–Kier alpha value is -2.63. The number of aryl methyl sites for hydroxylation is 1. The van der Waals surface area contributed by atoms with E-state index in [9.17, 15) is 18.7 Å². The lowest BCUT2D eigenvalue weighted by Gasteiger charge is -2.09. The molecule has 0 bridgehead atoms. The third kappa shape index (κ3) is 3.28. The molecule has 0 saturated heterocycles. The van der Waals surface area contributed by atoms with Crippen LogP contribution in [0.5, 0.6) is 5.75 Å². The molecule has 0 heterocycles. The van der Waals surface area contributed by atoms with Crippen molar-refractivity contribution in [3.8, 4) is 5.75 Å². The molecule has 0 radical (unpaired) electrons. The van der Waals surface area contributed by atoms with Crippen LogP contribution >= 0.6 is 0 Å². The van der Waals surface area contributed by atoms with Gasteiger partial charge in [0.05, 0.1) is 5.56 Å². The van der Waals surface area contributed by atoms with Gasteiger partial charge in [-0.2, -0.15) is 0 Å². The number of phenols is 1. The number of aromatic hydroxyl groups is 1. The van der Waals surface area contributed by atoms with Crippen molar-refractivity contribution in [3.63, 3.8) is 0 Å². The SMILES string of the molecule is Cc1cc(C(=O)NCc2cc(N)ccc2O)c(F)cc1F. The second-order valence-corrected chi connectivity index (χ2v) is 4.65. The number of anilines is 1. The van der Waals surface area contributed by atoms with Crippen molar-refractivity contribution in [2.24, 2.45) is 0 Å². The summed E-state index contributed by atoms with van der Waals surface area (Å²) in [4.78, 5) is 11.9. The van der Waals surface area contributed by atoms with Gasteiger partial charge in [-0.15, -0.1) is 0 Å². The third-order valence-corrected chi connectivity index (χ3v) is 3.04. The van der Waals surface area contributed by atoms with Crippen LogP contribution in [0.3, 0.4) is 0 Å². The Morgan fingerprint density at radius 1 is 1.24 bits per heavy atom. The lowest BCUT2D eigenvalue weighted by molar-refractivity contribution is 0.0946. The first kappa shape index (κ1) is 14.8. The summed E-state index contributed by atoms with van der Waals surface area (Å²) in [5, 5.41) is 12.1. The van der Waals surface area contributed by atoms with Gasteiger partial charge in [0.15, 0.2) is 0 Å². The monoisotopic (exact) mass is 292 g/mol. The Balaban J connectivity index is 2.15. The zero-order valence-corrected chi connectivity index (χ0v) is 11.3. The molecule has 4 N–H and O–H groups in total. The van der Waals surface area contributed by atoms with Gasteiger partial charge in [0, 0.05) is 23.9 Å². The first-order valence-corrected chi connectivity index (χ1v) is 6.19. The van der Waals surface area contributed by atoms with E-state index in [1.165, 1.54) is 25.1 Å². The van der Waals surface area contributed by atoms with E-state index in [1.54, 1.807) is 0 Å². The molecule has 2 aromatic carbocycles. The van der Waals surface area contributed by atoms with E-state index in [0.29, 0.717) is 17.3 Å². The maximum atomic E-state index is 13.6. The number of nitrogen functional groups attached to an aromatic ring is 1. The molecule has 0 saturated carbocycles. The number of hydrogen-bond donors (Lipinski definition) is 3. The molecule has 2 aromatic rings. The first-order valence-electron chi connectivity index (χ1n) is 6.19. The number of halogens is 2. The standard InChI is InChI=1S/C15H14F2N2O2/c1-8-4-11(13(17)6-12(8)16)15(21)19-7-9-5-10(18)2-3-14(9)20/h2-6,20H,7,18H2,1H3,(H,19,21). The van der Waals surface area contributed by atoms with E-state index in [0.717, 1.165) is 6.07 Å². The smallest absolute Gasteiger partial charge is 0.254 e. The van der Waals surface area contributed by atoms with Gasteiger partial charge in [0.2, 0.25) is 0 Å². The molecule has 0 aliphatic carbocycles. The van der Waals surface area contributed by atoms with Crippen LogP contribution in [0.2, 0.25) is 0 Å². The highest BCUT2D eigenvalue weighted by molar-refractivity contribution is 5.94. The average Bonchev–Trinajstić information content (AvgIpc) is 2.43. The molecular formula is C15H14F2N2O2. The first-order chi connectivity index (χ1) is 9.88. The quantitative estimate of drug-likeness (QED) is 0.601. The van der Waals surface area contributed by atoms with Gasteiger partial charge in [0.1, 0.15) is 17.4 Å². The molecule has 21 heavy (non-hydrogen) atoms. The fourth-order valence-corrected chi connectivity index (χ4v) is 1.85. The fourth-order valence-electron chi connectivity index (χ4n) is 1.85. The summed E-state index contributed by atoms with van der Waals surface area (Å²) in [5.74, 6) is -2.37. The Morgan fingerprint density at radius 3 is 2.67 bits per heavy atom. The van der Waals surface area contributed by atoms with Gasteiger partial charge in [-0.1, -0.05) is 0 Å². The summed E-state index contributed by atoms with van der Waals surface area (Å²) in [7, 11) is 0. The predicted molar refractivity (Wildman–Crippen MR) is 74.8 cm³/mol. The Bertz CT molecular complexity index is 702. The van der Waals surface area contributed by atoms with Gasteiger partial charge in [0.25, 0.3) is 5.91 Å². The summed E-state index contributed by atoms with van der Waals surface area (Å²) in [6, 6.07) is 6.23. The van der Waals surface area contributed by atoms with Crippen molar-refractivity contribution in [1.82, 2.24) is 5.32 Å². The molecule has 0 fully saturated rings. The Morgan fingerprint density at radius 2 is 1.95 bits per heavy atom. The number of phenolic OH excluding ortho intramolecular Hbond substituents is 1. The summed E-state index contributed by atoms with van der Waals surface area (Å²) < 4.78 is 26.7. The van der Waals surface area contributed by atoms with Crippen LogP contribution < -0.4 is 11.1 Å². The van der Waals surface area contributed by atoms with Crippen molar-refractivity contribution in [2.75, 3.05) is 5.73 Å². The van der Waals surface area contributed by atoms with E-state index in [1.807, 2.05) is 0 Å². The molecule has 4 nitrogen and oxygen atoms in total. The molecule has 0 aliphatic heterocycles. The third-order valence-electron chi connectivity index (χ3n) is 3.04. The average molecular weight is 292 g/mol. The Kier molecular flexibility index (Phi) is 4.07. The minimum atomic E-state index is -0.938. The van der Waals surface area contributed by atoms with Crippen LogP contribution in [0, 0.1) is 18.6 Å². The highest BCUT2D eigenvalue weighted by atomic mass is 19.1.